The van der Waals surface area contributed by atoms with Gasteiger partial charge in [0.1, 0.15) is 18.5 Å². The molecule has 0 unspecified atom stereocenters. The third-order valence-electron chi connectivity index (χ3n) is 3.17. The number of nitrogens with one attached hydrogen (secondary N) is 2. The summed E-state index contributed by atoms with van der Waals surface area (Å²) in [5, 5.41) is 15.8. The van der Waals surface area contributed by atoms with Crippen LogP contribution in [0.4, 0.5) is 5.69 Å². The van der Waals surface area contributed by atoms with Gasteiger partial charge in [-0.15, -0.1) is 0 Å². The molecule has 5 heteroatoms. The number of aliphatic hydroxyl groups excluding tert-OH is 1. The highest BCUT2D eigenvalue weighted by Crippen LogP contribution is 2.15. The molecule has 0 saturated heterocycles. The number of aliphatic hydroxyl groups is 1. The zero-order chi connectivity index (χ0) is 16.5. The third-order valence-corrected chi connectivity index (χ3v) is 3.17. The van der Waals surface area contributed by atoms with E-state index in [1.807, 2.05) is 30.3 Å². The maximum atomic E-state index is 10.9. The van der Waals surface area contributed by atoms with Gasteiger partial charge in [0.15, 0.2) is 0 Å². The molecule has 0 fully saturated rings. The average Bonchev–Trinajstić information content (AvgIpc) is 2.55. The largest absolute Gasteiger partial charge is 0.491 e. The van der Waals surface area contributed by atoms with Crippen molar-refractivity contribution in [3.63, 3.8) is 0 Å². The van der Waals surface area contributed by atoms with Crippen molar-refractivity contribution in [3.05, 3.63) is 60.2 Å². The second-order valence-electron chi connectivity index (χ2n) is 5.29. The molecule has 0 aromatic heterocycles. The van der Waals surface area contributed by atoms with Crippen LogP contribution in [0.3, 0.4) is 0 Å². The van der Waals surface area contributed by atoms with Crippen LogP contribution in [0.15, 0.2) is 54.6 Å². The molecule has 2 aromatic rings. The van der Waals surface area contributed by atoms with Crippen molar-refractivity contribution in [1.82, 2.24) is 5.32 Å². The summed E-state index contributed by atoms with van der Waals surface area (Å²) in [6, 6.07) is 17.1. The Hall–Kier alpha value is -2.37. The maximum Gasteiger partial charge on any atom is 0.221 e. The van der Waals surface area contributed by atoms with Gasteiger partial charge in [-0.1, -0.05) is 30.3 Å². The fraction of sp³-hybridized carbons (Fsp3) is 0.278. The molecular formula is C18H22N2O3. The van der Waals surface area contributed by atoms with Crippen molar-refractivity contribution in [3.8, 4) is 5.75 Å². The van der Waals surface area contributed by atoms with E-state index in [2.05, 4.69) is 10.6 Å². The van der Waals surface area contributed by atoms with Gasteiger partial charge in [0.25, 0.3) is 0 Å². The fourth-order valence-electron chi connectivity index (χ4n) is 2.07. The van der Waals surface area contributed by atoms with Crippen LogP contribution in [0, 0.1) is 0 Å². The molecule has 5 nitrogen and oxygen atoms in total. The predicted molar refractivity (Wildman–Crippen MR) is 90.4 cm³/mol. The average molecular weight is 314 g/mol. The highest BCUT2D eigenvalue weighted by molar-refractivity contribution is 5.88. The van der Waals surface area contributed by atoms with Gasteiger partial charge in [-0.3, -0.25) is 4.79 Å². The van der Waals surface area contributed by atoms with Crippen molar-refractivity contribution in [2.45, 2.75) is 19.6 Å². The Morgan fingerprint density at radius 1 is 1.13 bits per heavy atom. The highest BCUT2D eigenvalue weighted by Gasteiger charge is 2.05. The van der Waals surface area contributed by atoms with Gasteiger partial charge in [0.05, 0.1) is 0 Å². The summed E-state index contributed by atoms with van der Waals surface area (Å²) in [6.45, 7) is 2.84. The molecule has 1 atom stereocenters. The van der Waals surface area contributed by atoms with E-state index in [0.717, 1.165) is 5.69 Å². The first-order chi connectivity index (χ1) is 11.1. The van der Waals surface area contributed by atoms with Gasteiger partial charge in [0.2, 0.25) is 5.91 Å². The Balaban J connectivity index is 1.67. The van der Waals surface area contributed by atoms with E-state index in [-0.39, 0.29) is 12.5 Å². The summed E-state index contributed by atoms with van der Waals surface area (Å²) < 4.78 is 5.53. The molecule has 0 radical (unpaired) electrons. The zero-order valence-corrected chi connectivity index (χ0v) is 13.2. The van der Waals surface area contributed by atoms with Crippen LogP contribution in [-0.4, -0.2) is 30.3 Å². The molecule has 122 valence electrons. The quantitative estimate of drug-likeness (QED) is 0.698. The van der Waals surface area contributed by atoms with Crippen LogP contribution in [0.5, 0.6) is 5.75 Å². The number of benzene rings is 2. The molecule has 0 aliphatic carbocycles. The lowest BCUT2D eigenvalue weighted by molar-refractivity contribution is -0.114. The summed E-state index contributed by atoms with van der Waals surface area (Å²) in [4.78, 5) is 10.9. The SMILES string of the molecule is CC(=O)Nc1ccc(OC[C@H](O)CNCc2ccccc2)cc1. The lowest BCUT2D eigenvalue weighted by atomic mass is 10.2. The molecule has 0 aliphatic heterocycles. The van der Waals surface area contributed by atoms with Crippen molar-refractivity contribution >= 4 is 11.6 Å². The van der Waals surface area contributed by atoms with Crippen LogP contribution in [0.2, 0.25) is 0 Å². The first-order valence-corrected chi connectivity index (χ1v) is 7.56. The number of hydrogen-bond acceptors (Lipinski definition) is 4. The number of amides is 1. The van der Waals surface area contributed by atoms with E-state index in [1.165, 1.54) is 12.5 Å². The smallest absolute Gasteiger partial charge is 0.221 e. The van der Waals surface area contributed by atoms with Gasteiger partial charge >= 0.3 is 0 Å². The number of ether oxygens (including phenoxy) is 1. The van der Waals surface area contributed by atoms with E-state index in [1.54, 1.807) is 24.3 Å². The van der Waals surface area contributed by atoms with Gasteiger partial charge < -0.3 is 20.5 Å². The fourth-order valence-corrected chi connectivity index (χ4v) is 2.07. The molecule has 3 N–H and O–H groups in total. The number of rotatable bonds is 8. The van der Waals surface area contributed by atoms with Crippen LogP contribution in [0.25, 0.3) is 0 Å². The minimum absolute atomic E-state index is 0.112. The lowest BCUT2D eigenvalue weighted by Crippen LogP contribution is -2.31. The minimum Gasteiger partial charge on any atom is -0.491 e. The number of hydrogen-bond donors (Lipinski definition) is 3. The van der Waals surface area contributed by atoms with E-state index in [4.69, 9.17) is 4.74 Å². The minimum atomic E-state index is -0.589. The monoisotopic (exact) mass is 314 g/mol. The Morgan fingerprint density at radius 3 is 2.48 bits per heavy atom. The van der Waals surface area contributed by atoms with Crippen molar-refractivity contribution in [2.24, 2.45) is 0 Å². The summed E-state index contributed by atoms with van der Waals surface area (Å²) >= 11 is 0. The molecule has 2 aromatic carbocycles. The Kier molecular flexibility index (Phi) is 6.59. The third kappa shape index (κ3) is 6.50. The first-order valence-electron chi connectivity index (χ1n) is 7.56. The topological polar surface area (TPSA) is 70.6 Å². The summed E-state index contributed by atoms with van der Waals surface area (Å²) in [5.41, 5.74) is 1.89. The Morgan fingerprint density at radius 2 is 1.83 bits per heavy atom. The molecule has 0 heterocycles. The molecular weight excluding hydrogens is 292 g/mol. The second-order valence-corrected chi connectivity index (χ2v) is 5.29. The van der Waals surface area contributed by atoms with Gasteiger partial charge in [-0.2, -0.15) is 0 Å². The second kappa shape index (κ2) is 8.92. The highest BCUT2D eigenvalue weighted by atomic mass is 16.5. The van der Waals surface area contributed by atoms with Crippen LogP contribution in [-0.2, 0) is 11.3 Å². The number of anilines is 1. The number of carbonyl (C=O) groups is 1. The molecule has 0 aliphatic rings. The summed E-state index contributed by atoms with van der Waals surface area (Å²) in [7, 11) is 0. The Labute approximate surface area is 136 Å². The van der Waals surface area contributed by atoms with E-state index in [0.29, 0.717) is 18.8 Å². The molecule has 23 heavy (non-hydrogen) atoms. The summed E-state index contributed by atoms with van der Waals surface area (Å²) in [5.74, 6) is 0.541. The molecule has 2 rings (SSSR count). The molecule has 0 bridgehead atoms. The standard InChI is InChI=1S/C18H22N2O3/c1-14(21)20-16-7-9-18(10-8-16)23-13-17(22)12-19-11-15-5-3-2-4-6-15/h2-10,17,19,22H,11-13H2,1H3,(H,20,21)/t17-/m1/s1. The van der Waals surface area contributed by atoms with Gasteiger partial charge in [-0.05, 0) is 29.8 Å². The van der Waals surface area contributed by atoms with E-state index >= 15 is 0 Å². The predicted octanol–water partition coefficient (Wildman–Crippen LogP) is 2.17. The van der Waals surface area contributed by atoms with Gasteiger partial charge in [0, 0.05) is 25.7 Å². The normalized spacial score (nSPS) is 11.7. The van der Waals surface area contributed by atoms with Gasteiger partial charge in [-0.25, -0.2) is 0 Å². The Bertz CT molecular complexity index is 599. The van der Waals surface area contributed by atoms with E-state index < -0.39 is 6.10 Å². The van der Waals surface area contributed by atoms with Crippen molar-refractivity contribution in [1.29, 1.82) is 0 Å². The van der Waals surface area contributed by atoms with Crippen LogP contribution in [0.1, 0.15) is 12.5 Å². The maximum absolute atomic E-state index is 10.9. The van der Waals surface area contributed by atoms with Crippen LogP contribution < -0.4 is 15.4 Å². The first kappa shape index (κ1) is 17.0. The van der Waals surface area contributed by atoms with Crippen molar-refractivity contribution < 1.29 is 14.6 Å². The lowest BCUT2D eigenvalue weighted by Gasteiger charge is -2.13. The zero-order valence-electron chi connectivity index (χ0n) is 13.2. The number of carbonyl (C=O) groups excluding carboxylic acids is 1. The molecule has 1 amide bonds. The summed E-state index contributed by atoms with van der Waals surface area (Å²) in [6.07, 6.45) is -0.589. The van der Waals surface area contributed by atoms with Crippen molar-refractivity contribution in [2.75, 3.05) is 18.5 Å². The molecule has 0 saturated carbocycles. The molecule has 0 spiro atoms. The van der Waals surface area contributed by atoms with Crippen LogP contribution >= 0.6 is 0 Å². The van der Waals surface area contributed by atoms with E-state index in [9.17, 15) is 9.90 Å².